The van der Waals surface area contributed by atoms with Crippen LogP contribution in [0.15, 0.2) is 48.5 Å². The van der Waals surface area contributed by atoms with E-state index in [-0.39, 0.29) is 0 Å². The van der Waals surface area contributed by atoms with Crippen molar-refractivity contribution in [1.29, 1.82) is 0 Å². The molecule has 0 spiro atoms. The number of halogens is 1. The predicted octanol–water partition coefficient (Wildman–Crippen LogP) is 5.70. The van der Waals surface area contributed by atoms with Crippen LogP contribution in [-0.2, 0) is 0 Å². The average molecular weight is 291 g/mol. The molecule has 0 bridgehead atoms. The molecule has 1 saturated heterocycles. The van der Waals surface area contributed by atoms with Crippen molar-refractivity contribution in [3.63, 3.8) is 0 Å². The highest BCUT2D eigenvalue weighted by molar-refractivity contribution is 7.99. The van der Waals surface area contributed by atoms with Gasteiger partial charge in [0.15, 0.2) is 0 Å². The normalized spacial score (nSPS) is 18.5. The highest BCUT2D eigenvalue weighted by Gasteiger charge is 2.17. The first-order chi connectivity index (χ1) is 9.31. The highest BCUT2D eigenvalue weighted by Crippen LogP contribution is 2.40. The SMILES string of the molecule is Clc1ccc(Oc2ccc(C3CCCS3)cc2)cc1. The van der Waals surface area contributed by atoms with Crippen LogP contribution in [0.4, 0.5) is 0 Å². The third kappa shape index (κ3) is 3.26. The fourth-order valence-corrected chi connectivity index (χ4v) is 3.66. The number of ether oxygens (including phenoxy) is 1. The monoisotopic (exact) mass is 290 g/mol. The minimum Gasteiger partial charge on any atom is -0.457 e. The van der Waals surface area contributed by atoms with Gasteiger partial charge in [0.2, 0.25) is 0 Å². The van der Waals surface area contributed by atoms with E-state index in [9.17, 15) is 0 Å². The smallest absolute Gasteiger partial charge is 0.127 e. The first kappa shape index (κ1) is 12.9. The summed E-state index contributed by atoms with van der Waals surface area (Å²) in [5.41, 5.74) is 1.41. The molecule has 2 aromatic rings. The van der Waals surface area contributed by atoms with Crippen molar-refractivity contribution in [2.24, 2.45) is 0 Å². The van der Waals surface area contributed by atoms with Gasteiger partial charge in [-0.2, -0.15) is 11.8 Å². The van der Waals surface area contributed by atoms with Crippen molar-refractivity contribution in [1.82, 2.24) is 0 Å². The lowest BCUT2D eigenvalue weighted by molar-refractivity contribution is 0.482. The van der Waals surface area contributed by atoms with Gasteiger partial charge in [-0.3, -0.25) is 0 Å². The number of benzene rings is 2. The molecule has 1 atom stereocenters. The van der Waals surface area contributed by atoms with Crippen LogP contribution in [-0.4, -0.2) is 5.75 Å². The Morgan fingerprint density at radius 1 is 0.947 bits per heavy atom. The second-order valence-corrected chi connectivity index (χ2v) is 6.37. The molecule has 98 valence electrons. The molecule has 2 aromatic carbocycles. The Bertz CT molecular complexity index is 530. The first-order valence-electron chi connectivity index (χ1n) is 6.46. The van der Waals surface area contributed by atoms with Gasteiger partial charge in [0.25, 0.3) is 0 Å². The van der Waals surface area contributed by atoms with E-state index >= 15 is 0 Å². The molecular weight excluding hydrogens is 276 g/mol. The van der Waals surface area contributed by atoms with E-state index in [1.807, 2.05) is 36.4 Å². The van der Waals surface area contributed by atoms with Crippen LogP contribution in [0.25, 0.3) is 0 Å². The Kier molecular flexibility index (Phi) is 4.00. The molecule has 1 nitrogen and oxygen atoms in total. The Morgan fingerprint density at radius 3 is 2.16 bits per heavy atom. The maximum absolute atomic E-state index is 5.85. The molecule has 1 unspecified atom stereocenters. The van der Waals surface area contributed by atoms with Crippen molar-refractivity contribution >= 4 is 23.4 Å². The summed E-state index contributed by atoms with van der Waals surface area (Å²) in [6.07, 6.45) is 2.63. The molecule has 1 aliphatic rings. The van der Waals surface area contributed by atoms with E-state index in [4.69, 9.17) is 16.3 Å². The molecule has 0 aromatic heterocycles. The van der Waals surface area contributed by atoms with Gasteiger partial charge in [0.05, 0.1) is 0 Å². The Labute approximate surface area is 122 Å². The predicted molar refractivity (Wildman–Crippen MR) is 82.4 cm³/mol. The molecule has 19 heavy (non-hydrogen) atoms. The second-order valence-electron chi connectivity index (χ2n) is 4.63. The Morgan fingerprint density at radius 2 is 1.58 bits per heavy atom. The lowest BCUT2D eigenvalue weighted by Gasteiger charge is -2.10. The number of thioether (sulfide) groups is 1. The highest BCUT2D eigenvalue weighted by atomic mass is 35.5. The molecule has 0 amide bonds. The molecule has 3 heteroatoms. The lowest BCUT2D eigenvalue weighted by Crippen LogP contribution is -1.89. The zero-order valence-electron chi connectivity index (χ0n) is 10.5. The third-order valence-electron chi connectivity index (χ3n) is 3.23. The fraction of sp³-hybridized carbons (Fsp3) is 0.250. The van der Waals surface area contributed by atoms with Gasteiger partial charge in [-0.1, -0.05) is 23.7 Å². The summed E-state index contributed by atoms with van der Waals surface area (Å²) in [6.45, 7) is 0. The minimum atomic E-state index is 0.671. The summed E-state index contributed by atoms with van der Waals surface area (Å²) in [5.74, 6) is 2.97. The van der Waals surface area contributed by atoms with Crippen LogP contribution >= 0.6 is 23.4 Å². The number of rotatable bonds is 3. The maximum Gasteiger partial charge on any atom is 0.127 e. The van der Waals surface area contributed by atoms with Crippen molar-refractivity contribution < 1.29 is 4.74 Å². The van der Waals surface area contributed by atoms with Gasteiger partial charge < -0.3 is 4.74 Å². The summed E-state index contributed by atoms with van der Waals surface area (Å²) < 4.78 is 5.79. The van der Waals surface area contributed by atoms with E-state index in [1.165, 1.54) is 24.2 Å². The van der Waals surface area contributed by atoms with Gasteiger partial charge in [0, 0.05) is 10.3 Å². The average Bonchev–Trinajstić information content (AvgIpc) is 2.96. The van der Waals surface area contributed by atoms with Gasteiger partial charge in [-0.15, -0.1) is 0 Å². The van der Waals surface area contributed by atoms with E-state index in [0.717, 1.165) is 16.5 Å². The van der Waals surface area contributed by atoms with Crippen LogP contribution in [0, 0.1) is 0 Å². The molecule has 0 N–H and O–H groups in total. The van der Waals surface area contributed by atoms with Gasteiger partial charge in [-0.25, -0.2) is 0 Å². The quantitative estimate of drug-likeness (QED) is 0.717. The molecular formula is C16H15ClOS. The maximum atomic E-state index is 5.85. The lowest BCUT2D eigenvalue weighted by atomic mass is 10.1. The Balaban J connectivity index is 1.70. The zero-order valence-corrected chi connectivity index (χ0v) is 12.1. The summed E-state index contributed by atoms with van der Waals surface area (Å²) in [7, 11) is 0. The topological polar surface area (TPSA) is 9.23 Å². The zero-order chi connectivity index (χ0) is 13.1. The molecule has 1 aliphatic heterocycles. The molecule has 1 heterocycles. The van der Waals surface area contributed by atoms with Crippen LogP contribution in [0.5, 0.6) is 11.5 Å². The largest absolute Gasteiger partial charge is 0.457 e. The van der Waals surface area contributed by atoms with Crippen LogP contribution in [0.1, 0.15) is 23.7 Å². The number of hydrogen-bond donors (Lipinski definition) is 0. The molecule has 3 rings (SSSR count). The van der Waals surface area contributed by atoms with E-state index in [0.29, 0.717) is 5.25 Å². The third-order valence-corrected chi connectivity index (χ3v) is 4.92. The van der Waals surface area contributed by atoms with Gasteiger partial charge >= 0.3 is 0 Å². The summed E-state index contributed by atoms with van der Waals surface area (Å²) in [4.78, 5) is 0. The molecule has 0 radical (unpaired) electrons. The van der Waals surface area contributed by atoms with Crippen LogP contribution in [0.2, 0.25) is 5.02 Å². The van der Waals surface area contributed by atoms with E-state index in [2.05, 4.69) is 23.9 Å². The van der Waals surface area contributed by atoms with Crippen molar-refractivity contribution in [2.45, 2.75) is 18.1 Å². The van der Waals surface area contributed by atoms with Gasteiger partial charge in [0.1, 0.15) is 11.5 Å². The number of hydrogen-bond acceptors (Lipinski definition) is 2. The molecule has 1 fully saturated rings. The minimum absolute atomic E-state index is 0.671. The van der Waals surface area contributed by atoms with Crippen molar-refractivity contribution in [3.8, 4) is 11.5 Å². The second kappa shape index (κ2) is 5.89. The molecule has 0 aliphatic carbocycles. The van der Waals surface area contributed by atoms with E-state index < -0.39 is 0 Å². The summed E-state index contributed by atoms with van der Waals surface area (Å²) in [5, 5.41) is 1.39. The van der Waals surface area contributed by atoms with Crippen molar-refractivity contribution in [2.75, 3.05) is 5.75 Å². The standard InChI is InChI=1S/C16H15ClOS/c17-13-5-9-15(10-6-13)18-14-7-3-12(4-8-14)16-2-1-11-19-16/h3-10,16H,1-2,11H2. The summed E-state index contributed by atoms with van der Waals surface area (Å²) in [6, 6.07) is 15.9. The van der Waals surface area contributed by atoms with Gasteiger partial charge in [-0.05, 0) is 60.6 Å². The van der Waals surface area contributed by atoms with Crippen molar-refractivity contribution in [3.05, 3.63) is 59.1 Å². The molecule has 0 saturated carbocycles. The Hall–Kier alpha value is -1.12. The van der Waals surface area contributed by atoms with Crippen LogP contribution in [0.3, 0.4) is 0 Å². The fourth-order valence-electron chi connectivity index (χ4n) is 2.23. The van der Waals surface area contributed by atoms with E-state index in [1.54, 1.807) is 0 Å². The first-order valence-corrected chi connectivity index (χ1v) is 7.89. The summed E-state index contributed by atoms with van der Waals surface area (Å²) >= 11 is 7.90. The van der Waals surface area contributed by atoms with Crippen LogP contribution < -0.4 is 4.74 Å².